The van der Waals surface area contributed by atoms with E-state index in [2.05, 4.69) is 41.5 Å². The lowest BCUT2D eigenvalue weighted by Gasteiger charge is -2.29. The highest BCUT2D eigenvalue weighted by Gasteiger charge is 2.30. The third-order valence-electron chi connectivity index (χ3n) is 16.3. The molecular formula is C68H126O4. The van der Waals surface area contributed by atoms with Gasteiger partial charge in [0.25, 0.3) is 0 Å². The van der Waals surface area contributed by atoms with Gasteiger partial charge in [-0.25, -0.2) is 9.59 Å². The van der Waals surface area contributed by atoms with Crippen LogP contribution in [0.25, 0.3) is 0 Å². The highest BCUT2D eigenvalue weighted by molar-refractivity contribution is 6.03. The molecule has 1 aromatic carbocycles. The molecule has 0 aromatic heterocycles. The molecule has 4 nitrogen and oxygen atoms in total. The molecule has 1 rings (SSSR count). The van der Waals surface area contributed by atoms with Crippen LogP contribution in [0.2, 0.25) is 0 Å². The van der Waals surface area contributed by atoms with Crippen molar-refractivity contribution >= 4 is 11.9 Å². The van der Waals surface area contributed by atoms with Crippen molar-refractivity contribution in [2.45, 2.75) is 375 Å². The van der Waals surface area contributed by atoms with E-state index in [1.165, 1.54) is 270 Å². The molecule has 0 heterocycles. The minimum Gasteiger partial charge on any atom is -0.458 e. The zero-order valence-electron chi connectivity index (χ0n) is 49.6. The highest BCUT2D eigenvalue weighted by atomic mass is 16.6. The number of unbranched alkanes of at least 4 members (excludes halogenated alkanes) is 38. The van der Waals surface area contributed by atoms with E-state index in [0.29, 0.717) is 23.0 Å². The molecular weight excluding hydrogens is 881 g/mol. The van der Waals surface area contributed by atoms with Crippen LogP contribution >= 0.6 is 0 Å². The third-order valence-corrected chi connectivity index (χ3v) is 16.3. The lowest BCUT2D eigenvalue weighted by Crippen LogP contribution is -2.30. The predicted octanol–water partition coefficient (Wildman–Crippen LogP) is 23.6. The number of benzene rings is 1. The van der Waals surface area contributed by atoms with Crippen LogP contribution in [0.3, 0.4) is 0 Å². The Labute approximate surface area is 451 Å². The van der Waals surface area contributed by atoms with Crippen molar-refractivity contribution in [3.8, 4) is 0 Å². The largest absolute Gasteiger partial charge is 0.458 e. The Morgan fingerprint density at radius 2 is 0.458 bits per heavy atom. The van der Waals surface area contributed by atoms with Gasteiger partial charge in [-0.05, 0) is 75.3 Å². The molecule has 422 valence electrons. The van der Waals surface area contributed by atoms with Gasteiger partial charge in [0, 0.05) is 0 Å². The maximum absolute atomic E-state index is 14.7. The standard InChI is InChI=1S/C68H126O4/c1-7-13-19-25-31-37-43-49-59-65(61(53-45-39-33-27-21-15-9-3)54-46-40-34-28-22-16-10-4)71-67(69)63-57-51-52-58-64(63)68(70)72-66(60-50-44-38-32-26-20-14-8-2)62(55-47-41-35-29-23-17-11-5)56-48-42-36-30-24-18-12-6/h51-52,57-58,61-62,65-66H,7-50,53-56,59-60H2,1-6H3. The maximum Gasteiger partial charge on any atom is 0.339 e. The molecule has 0 aliphatic rings. The van der Waals surface area contributed by atoms with E-state index in [-0.39, 0.29) is 24.1 Å². The Hall–Kier alpha value is -1.84. The molecule has 72 heavy (non-hydrogen) atoms. The van der Waals surface area contributed by atoms with Gasteiger partial charge < -0.3 is 9.47 Å². The average molecular weight is 1010 g/mol. The summed E-state index contributed by atoms with van der Waals surface area (Å²) in [6.45, 7) is 13.8. The highest BCUT2D eigenvalue weighted by Crippen LogP contribution is 2.32. The van der Waals surface area contributed by atoms with Crippen molar-refractivity contribution < 1.29 is 19.1 Å². The molecule has 0 fully saturated rings. The van der Waals surface area contributed by atoms with Gasteiger partial charge in [-0.3, -0.25) is 0 Å². The fourth-order valence-electron chi connectivity index (χ4n) is 11.5. The smallest absolute Gasteiger partial charge is 0.339 e. The Morgan fingerprint density at radius 3 is 0.667 bits per heavy atom. The number of esters is 2. The number of rotatable bonds is 56. The first kappa shape index (κ1) is 68.2. The number of hydrogen-bond acceptors (Lipinski definition) is 4. The van der Waals surface area contributed by atoms with Gasteiger partial charge in [0.15, 0.2) is 0 Å². The molecule has 0 saturated heterocycles. The quantitative estimate of drug-likeness (QED) is 0.0482. The Morgan fingerprint density at radius 1 is 0.278 bits per heavy atom. The van der Waals surface area contributed by atoms with E-state index in [1.807, 2.05) is 24.3 Å². The molecule has 0 amide bonds. The van der Waals surface area contributed by atoms with E-state index >= 15 is 0 Å². The van der Waals surface area contributed by atoms with Crippen LogP contribution in [0.1, 0.15) is 383 Å². The van der Waals surface area contributed by atoms with Crippen LogP contribution in [0.4, 0.5) is 0 Å². The second-order valence-electron chi connectivity index (χ2n) is 23.1. The van der Waals surface area contributed by atoms with Gasteiger partial charge in [0.1, 0.15) is 12.2 Å². The molecule has 0 saturated carbocycles. The second kappa shape index (κ2) is 52.6. The van der Waals surface area contributed by atoms with Crippen LogP contribution in [-0.4, -0.2) is 24.1 Å². The monoisotopic (exact) mass is 1010 g/mol. The summed E-state index contributed by atoms with van der Waals surface area (Å²) in [6, 6.07) is 7.51. The number of carbonyl (C=O) groups excluding carboxylic acids is 2. The van der Waals surface area contributed by atoms with Gasteiger partial charge in [-0.15, -0.1) is 0 Å². The van der Waals surface area contributed by atoms with Gasteiger partial charge in [0.2, 0.25) is 0 Å². The first-order valence-corrected chi connectivity index (χ1v) is 33.0. The summed E-state index contributed by atoms with van der Waals surface area (Å²) >= 11 is 0. The lowest BCUT2D eigenvalue weighted by atomic mass is 9.86. The minimum atomic E-state index is -0.321. The third kappa shape index (κ3) is 38.7. The first-order valence-electron chi connectivity index (χ1n) is 33.0. The topological polar surface area (TPSA) is 52.6 Å². The molecule has 4 heteroatoms. The van der Waals surface area contributed by atoms with Crippen molar-refractivity contribution in [3.05, 3.63) is 35.4 Å². The van der Waals surface area contributed by atoms with Crippen LogP contribution in [-0.2, 0) is 9.47 Å². The van der Waals surface area contributed by atoms with Crippen LogP contribution in [0.15, 0.2) is 24.3 Å². The first-order chi connectivity index (χ1) is 35.5. The molecule has 0 spiro atoms. The van der Waals surface area contributed by atoms with E-state index in [0.717, 1.165) is 51.4 Å². The van der Waals surface area contributed by atoms with Gasteiger partial charge >= 0.3 is 11.9 Å². The van der Waals surface area contributed by atoms with Crippen molar-refractivity contribution in [1.29, 1.82) is 0 Å². The summed E-state index contributed by atoms with van der Waals surface area (Å²) < 4.78 is 13.6. The molecule has 0 bridgehead atoms. The number of carbonyl (C=O) groups is 2. The van der Waals surface area contributed by atoms with Crippen molar-refractivity contribution in [1.82, 2.24) is 0 Å². The van der Waals surface area contributed by atoms with Gasteiger partial charge in [-0.1, -0.05) is 323 Å². The summed E-state index contributed by atoms with van der Waals surface area (Å²) in [5.74, 6) is 0.0788. The van der Waals surface area contributed by atoms with E-state index in [9.17, 15) is 9.59 Å². The van der Waals surface area contributed by atoms with Crippen molar-refractivity contribution in [2.24, 2.45) is 11.8 Å². The van der Waals surface area contributed by atoms with Crippen molar-refractivity contribution in [2.75, 3.05) is 0 Å². The summed E-state index contributed by atoms with van der Waals surface area (Å²) in [4.78, 5) is 29.5. The fraction of sp³-hybridized carbons (Fsp3) is 0.882. The normalized spacial score (nSPS) is 12.6. The fourth-order valence-corrected chi connectivity index (χ4v) is 11.5. The zero-order valence-corrected chi connectivity index (χ0v) is 49.6. The molecule has 1 aromatic rings. The van der Waals surface area contributed by atoms with E-state index in [4.69, 9.17) is 9.47 Å². The molecule has 2 atom stereocenters. The van der Waals surface area contributed by atoms with E-state index in [1.54, 1.807) is 0 Å². The lowest BCUT2D eigenvalue weighted by molar-refractivity contribution is 0.00212. The van der Waals surface area contributed by atoms with Gasteiger partial charge in [-0.2, -0.15) is 0 Å². The predicted molar refractivity (Wildman–Crippen MR) is 317 cm³/mol. The molecule has 0 radical (unpaired) electrons. The average Bonchev–Trinajstić information content (AvgIpc) is 3.39. The Bertz CT molecular complexity index is 1160. The van der Waals surface area contributed by atoms with Crippen LogP contribution < -0.4 is 0 Å². The molecule has 0 aliphatic carbocycles. The number of hydrogen-bond donors (Lipinski definition) is 0. The van der Waals surface area contributed by atoms with Crippen LogP contribution in [0, 0.1) is 11.8 Å². The summed E-state index contributed by atoms with van der Waals surface area (Å²) in [6.07, 6.45) is 62.8. The Balaban J connectivity index is 3.42. The Kier molecular flexibility index (Phi) is 49.8. The van der Waals surface area contributed by atoms with Gasteiger partial charge in [0.05, 0.1) is 11.1 Å². The van der Waals surface area contributed by atoms with E-state index < -0.39 is 0 Å². The molecule has 0 N–H and O–H groups in total. The molecule has 2 unspecified atom stereocenters. The second-order valence-corrected chi connectivity index (χ2v) is 23.1. The maximum atomic E-state index is 14.7. The van der Waals surface area contributed by atoms with Crippen LogP contribution in [0.5, 0.6) is 0 Å². The summed E-state index contributed by atoms with van der Waals surface area (Å²) in [7, 11) is 0. The molecule has 0 aliphatic heterocycles. The SMILES string of the molecule is CCCCCCCCCCC(OC(=O)c1ccccc1C(=O)OC(CCCCCCCCCC)C(CCCCCCCCC)CCCCCCCCC)C(CCCCCCCCC)CCCCCCCCC. The summed E-state index contributed by atoms with van der Waals surface area (Å²) in [5, 5.41) is 0. The zero-order chi connectivity index (χ0) is 52.2. The number of ether oxygens (including phenoxy) is 2. The summed E-state index contributed by atoms with van der Waals surface area (Å²) in [5.41, 5.74) is 0.797. The minimum absolute atomic E-state index is 0.120. The van der Waals surface area contributed by atoms with Crippen molar-refractivity contribution in [3.63, 3.8) is 0 Å².